The highest BCUT2D eigenvalue weighted by molar-refractivity contribution is 7.89. The smallest absolute Gasteiger partial charge is 0.214 e. The van der Waals surface area contributed by atoms with Gasteiger partial charge in [-0.05, 0) is 36.5 Å². The fourth-order valence-corrected chi connectivity index (χ4v) is 3.97. The third-order valence-electron chi connectivity index (χ3n) is 3.41. The van der Waals surface area contributed by atoms with Crippen LogP contribution in [0.4, 0.5) is 5.69 Å². The summed E-state index contributed by atoms with van der Waals surface area (Å²) in [5.41, 5.74) is 7.58. The Bertz CT molecular complexity index is 496. The molecule has 1 atom stereocenters. The minimum absolute atomic E-state index is 0.251. The predicted octanol–water partition coefficient (Wildman–Crippen LogP) is 1.80. The van der Waals surface area contributed by atoms with Crippen molar-refractivity contribution in [1.29, 1.82) is 0 Å². The number of sulfonamides is 1. The van der Waals surface area contributed by atoms with Crippen LogP contribution in [0, 0.1) is 0 Å². The molecule has 100 valence electrons. The summed E-state index contributed by atoms with van der Waals surface area (Å²) in [4.78, 5) is 0. The van der Waals surface area contributed by atoms with E-state index in [0.29, 0.717) is 25.4 Å². The molecular formula is C13H20N2O2S. The first kappa shape index (κ1) is 13.4. The molecule has 1 aliphatic heterocycles. The van der Waals surface area contributed by atoms with Gasteiger partial charge in [-0.1, -0.05) is 19.1 Å². The van der Waals surface area contributed by atoms with Crippen molar-refractivity contribution in [3.8, 4) is 0 Å². The van der Waals surface area contributed by atoms with E-state index in [9.17, 15) is 8.42 Å². The zero-order valence-electron chi connectivity index (χ0n) is 10.7. The predicted molar refractivity (Wildman–Crippen MR) is 73.9 cm³/mol. The molecule has 0 spiro atoms. The fourth-order valence-electron chi connectivity index (χ4n) is 2.41. The van der Waals surface area contributed by atoms with Gasteiger partial charge in [0.15, 0.2) is 0 Å². The third-order valence-corrected chi connectivity index (χ3v) is 5.46. The van der Waals surface area contributed by atoms with Gasteiger partial charge in [-0.25, -0.2) is 12.7 Å². The van der Waals surface area contributed by atoms with Gasteiger partial charge in [0.05, 0.1) is 5.75 Å². The van der Waals surface area contributed by atoms with Crippen molar-refractivity contribution in [3.05, 3.63) is 29.8 Å². The lowest BCUT2D eigenvalue weighted by molar-refractivity contribution is 0.472. The zero-order valence-corrected chi connectivity index (χ0v) is 11.5. The lowest BCUT2D eigenvalue weighted by atomic mass is 9.98. The maximum absolute atomic E-state index is 12.0. The van der Waals surface area contributed by atoms with Gasteiger partial charge >= 0.3 is 0 Å². The van der Waals surface area contributed by atoms with E-state index in [4.69, 9.17) is 5.73 Å². The summed E-state index contributed by atoms with van der Waals surface area (Å²) in [6.07, 6.45) is 1.57. The Morgan fingerprint density at radius 3 is 2.61 bits per heavy atom. The van der Waals surface area contributed by atoms with Gasteiger partial charge in [0.2, 0.25) is 10.0 Å². The van der Waals surface area contributed by atoms with E-state index in [1.165, 1.54) is 5.56 Å². The van der Waals surface area contributed by atoms with Crippen molar-refractivity contribution in [1.82, 2.24) is 4.31 Å². The molecule has 1 aromatic carbocycles. The van der Waals surface area contributed by atoms with Crippen LogP contribution in [0.15, 0.2) is 24.3 Å². The van der Waals surface area contributed by atoms with Gasteiger partial charge in [0, 0.05) is 18.8 Å². The topological polar surface area (TPSA) is 63.4 Å². The monoisotopic (exact) mass is 268 g/mol. The normalized spacial score (nSPS) is 21.3. The molecule has 1 aromatic rings. The average Bonchev–Trinajstić information content (AvgIpc) is 2.80. The lowest BCUT2D eigenvalue weighted by Crippen LogP contribution is -2.30. The molecule has 4 nitrogen and oxygen atoms in total. The van der Waals surface area contributed by atoms with Gasteiger partial charge in [0.25, 0.3) is 0 Å². The quantitative estimate of drug-likeness (QED) is 0.847. The van der Waals surface area contributed by atoms with Gasteiger partial charge in [0.1, 0.15) is 0 Å². The van der Waals surface area contributed by atoms with E-state index in [0.717, 1.165) is 12.1 Å². The second-order valence-electron chi connectivity index (χ2n) is 4.83. The van der Waals surface area contributed by atoms with Crippen molar-refractivity contribution in [2.45, 2.75) is 25.7 Å². The van der Waals surface area contributed by atoms with Crippen LogP contribution in [0.3, 0.4) is 0 Å². The van der Waals surface area contributed by atoms with Crippen molar-refractivity contribution < 1.29 is 8.42 Å². The molecule has 2 N–H and O–H groups in total. The van der Waals surface area contributed by atoms with Crippen LogP contribution < -0.4 is 5.73 Å². The molecule has 1 unspecified atom stereocenters. The van der Waals surface area contributed by atoms with Gasteiger partial charge in [-0.15, -0.1) is 0 Å². The number of nitrogens with zero attached hydrogens (tertiary/aromatic N) is 1. The van der Waals surface area contributed by atoms with E-state index >= 15 is 0 Å². The Morgan fingerprint density at radius 1 is 1.33 bits per heavy atom. The molecule has 0 bridgehead atoms. The Morgan fingerprint density at radius 2 is 2.00 bits per heavy atom. The molecule has 0 saturated carbocycles. The van der Waals surface area contributed by atoms with Crippen LogP contribution in [0.5, 0.6) is 0 Å². The summed E-state index contributed by atoms with van der Waals surface area (Å²) in [6, 6.07) is 7.74. The van der Waals surface area contributed by atoms with Gasteiger partial charge in [-0.3, -0.25) is 0 Å². The molecule has 1 heterocycles. The Labute approximate surface area is 109 Å². The van der Waals surface area contributed by atoms with Gasteiger partial charge < -0.3 is 5.73 Å². The van der Waals surface area contributed by atoms with E-state index in [-0.39, 0.29) is 5.75 Å². The zero-order chi connectivity index (χ0) is 13.2. The Kier molecular flexibility index (Phi) is 3.92. The molecule has 18 heavy (non-hydrogen) atoms. The molecule has 1 aliphatic rings. The molecule has 0 aliphatic carbocycles. The highest BCUT2D eigenvalue weighted by Crippen LogP contribution is 2.29. The maximum Gasteiger partial charge on any atom is 0.214 e. The summed E-state index contributed by atoms with van der Waals surface area (Å²) in [5, 5.41) is 0. The summed E-state index contributed by atoms with van der Waals surface area (Å²) < 4.78 is 25.6. The number of anilines is 1. The molecule has 0 amide bonds. The molecule has 0 aromatic heterocycles. The van der Waals surface area contributed by atoms with Crippen LogP contribution >= 0.6 is 0 Å². The van der Waals surface area contributed by atoms with Crippen molar-refractivity contribution in [3.63, 3.8) is 0 Å². The highest BCUT2D eigenvalue weighted by Gasteiger charge is 2.31. The number of hydrogen-bond acceptors (Lipinski definition) is 3. The summed E-state index contributed by atoms with van der Waals surface area (Å²) in [7, 11) is -3.05. The molecule has 2 rings (SSSR count). The standard InChI is InChI=1S/C13H20N2O2S/c1-2-9-18(16,17)15-8-7-12(10-15)11-3-5-13(14)6-4-11/h3-6,12H,2,7-10,14H2,1H3. The number of rotatable bonds is 4. The number of benzene rings is 1. The van der Waals surface area contributed by atoms with Crippen LogP contribution in [-0.4, -0.2) is 31.6 Å². The molecule has 0 radical (unpaired) electrons. The summed E-state index contributed by atoms with van der Waals surface area (Å²) in [5.74, 6) is 0.554. The van der Waals surface area contributed by atoms with Crippen molar-refractivity contribution in [2.75, 3.05) is 24.6 Å². The number of nitrogen functional groups attached to an aromatic ring is 1. The van der Waals surface area contributed by atoms with Crippen LogP contribution in [0.2, 0.25) is 0 Å². The van der Waals surface area contributed by atoms with E-state index in [2.05, 4.69) is 0 Å². The van der Waals surface area contributed by atoms with Crippen LogP contribution in [0.1, 0.15) is 31.2 Å². The summed E-state index contributed by atoms with van der Waals surface area (Å²) >= 11 is 0. The maximum atomic E-state index is 12.0. The largest absolute Gasteiger partial charge is 0.399 e. The van der Waals surface area contributed by atoms with Crippen LogP contribution in [0.25, 0.3) is 0 Å². The van der Waals surface area contributed by atoms with Crippen molar-refractivity contribution >= 4 is 15.7 Å². The van der Waals surface area contributed by atoms with E-state index in [1.54, 1.807) is 4.31 Å². The first-order valence-corrected chi connectivity index (χ1v) is 7.97. The average molecular weight is 268 g/mol. The Hall–Kier alpha value is -1.07. The minimum Gasteiger partial charge on any atom is -0.399 e. The van der Waals surface area contributed by atoms with E-state index in [1.807, 2.05) is 31.2 Å². The fraction of sp³-hybridized carbons (Fsp3) is 0.538. The second kappa shape index (κ2) is 5.28. The summed E-state index contributed by atoms with van der Waals surface area (Å²) in [6.45, 7) is 3.13. The Balaban J connectivity index is 2.07. The van der Waals surface area contributed by atoms with E-state index < -0.39 is 10.0 Å². The molecule has 1 fully saturated rings. The molecule has 5 heteroatoms. The number of hydrogen-bond donors (Lipinski definition) is 1. The van der Waals surface area contributed by atoms with Gasteiger partial charge in [-0.2, -0.15) is 0 Å². The second-order valence-corrected chi connectivity index (χ2v) is 6.91. The lowest BCUT2D eigenvalue weighted by Gasteiger charge is -2.16. The number of nitrogens with two attached hydrogens (primary N) is 1. The minimum atomic E-state index is -3.05. The SMILES string of the molecule is CCCS(=O)(=O)N1CCC(c2ccc(N)cc2)C1. The van der Waals surface area contributed by atoms with Crippen molar-refractivity contribution in [2.24, 2.45) is 0 Å². The third kappa shape index (κ3) is 2.84. The highest BCUT2D eigenvalue weighted by atomic mass is 32.2. The first-order chi connectivity index (χ1) is 8.53. The molecular weight excluding hydrogens is 248 g/mol. The van der Waals surface area contributed by atoms with Crippen LogP contribution in [-0.2, 0) is 10.0 Å². The molecule has 1 saturated heterocycles. The first-order valence-electron chi connectivity index (χ1n) is 6.36.